The average Bonchev–Trinajstić information content (AvgIpc) is 3.03. The first-order chi connectivity index (χ1) is 15.4. The van der Waals surface area contributed by atoms with Gasteiger partial charge in [0.1, 0.15) is 0 Å². The van der Waals surface area contributed by atoms with Gasteiger partial charge in [0.25, 0.3) is 5.91 Å². The lowest BCUT2D eigenvalue weighted by Gasteiger charge is -2.44. The highest BCUT2D eigenvalue weighted by atomic mass is 35.5. The van der Waals surface area contributed by atoms with Gasteiger partial charge in [-0.2, -0.15) is 0 Å². The molecule has 0 saturated carbocycles. The van der Waals surface area contributed by atoms with E-state index in [4.69, 9.17) is 23.2 Å². The van der Waals surface area contributed by atoms with Crippen LogP contribution in [0.3, 0.4) is 0 Å². The van der Waals surface area contributed by atoms with Crippen LogP contribution < -0.4 is 10.6 Å². The molecule has 0 spiro atoms. The molecule has 4 rings (SSSR count). The van der Waals surface area contributed by atoms with E-state index < -0.39 is 0 Å². The smallest absolute Gasteiger partial charge is 0.251 e. The molecule has 170 valence electrons. The Hall–Kier alpha value is -2.08. The summed E-state index contributed by atoms with van der Waals surface area (Å²) in [5, 5.41) is 7.08. The molecule has 2 saturated heterocycles. The Kier molecular flexibility index (Phi) is 7.39. The van der Waals surface area contributed by atoms with E-state index in [1.165, 1.54) is 5.56 Å². The summed E-state index contributed by atoms with van der Waals surface area (Å²) in [6.07, 6.45) is 5.24. The van der Waals surface area contributed by atoms with E-state index in [9.17, 15) is 9.59 Å². The molecule has 5 nitrogen and oxygen atoms in total. The molecule has 0 aliphatic carbocycles. The summed E-state index contributed by atoms with van der Waals surface area (Å²) in [7, 11) is 0. The molecule has 2 amide bonds. The number of rotatable bonds is 7. The van der Waals surface area contributed by atoms with Crippen molar-refractivity contribution in [2.45, 2.75) is 63.2 Å². The zero-order chi connectivity index (χ0) is 22.7. The Morgan fingerprint density at radius 2 is 1.72 bits per heavy atom. The van der Waals surface area contributed by atoms with Gasteiger partial charge in [0.2, 0.25) is 5.91 Å². The SMILES string of the molecule is CCC(c1ccc(Cl)cc1)N1[C@@H]2CC[C@H]1C[C@@H](NC(=O)CNC(=O)c1cccc(Cl)c1)C2. The second kappa shape index (κ2) is 10.2. The van der Waals surface area contributed by atoms with E-state index in [-0.39, 0.29) is 24.4 Å². The number of nitrogens with one attached hydrogen (secondary N) is 2. The molecule has 2 fully saturated rings. The number of hydrogen-bond donors (Lipinski definition) is 2. The molecule has 2 aromatic rings. The molecule has 0 radical (unpaired) electrons. The minimum absolute atomic E-state index is 0.0384. The summed E-state index contributed by atoms with van der Waals surface area (Å²) >= 11 is 12.0. The number of carbonyl (C=O) groups excluding carboxylic acids is 2. The monoisotopic (exact) mass is 473 g/mol. The van der Waals surface area contributed by atoms with Crippen LogP contribution in [0.2, 0.25) is 10.0 Å². The third-order valence-electron chi connectivity index (χ3n) is 6.65. The van der Waals surface area contributed by atoms with Crippen LogP contribution in [-0.4, -0.2) is 41.4 Å². The Morgan fingerprint density at radius 1 is 1.03 bits per heavy atom. The van der Waals surface area contributed by atoms with Crippen LogP contribution in [-0.2, 0) is 4.79 Å². The summed E-state index contributed by atoms with van der Waals surface area (Å²) in [6.45, 7) is 2.19. The molecular weight excluding hydrogens is 445 g/mol. The van der Waals surface area contributed by atoms with Gasteiger partial charge in [0, 0.05) is 39.8 Å². The van der Waals surface area contributed by atoms with Crippen LogP contribution in [0, 0.1) is 0 Å². The van der Waals surface area contributed by atoms with Crippen LogP contribution in [0.5, 0.6) is 0 Å². The Bertz CT molecular complexity index is 952. The van der Waals surface area contributed by atoms with Gasteiger partial charge in [0.15, 0.2) is 0 Å². The van der Waals surface area contributed by atoms with Crippen molar-refractivity contribution < 1.29 is 9.59 Å². The van der Waals surface area contributed by atoms with Crippen molar-refractivity contribution >= 4 is 35.0 Å². The zero-order valence-electron chi connectivity index (χ0n) is 18.2. The van der Waals surface area contributed by atoms with Gasteiger partial charge in [0.05, 0.1) is 6.54 Å². The minimum atomic E-state index is -0.300. The highest BCUT2D eigenvalue weighted by Gasteiger charge is 2.44. The van der Waals surface area contributed by atoms with Crippen molar-refractivity contribution in [3.05, 3.63) is 69.7 Å². The Labute approximate surface area is 199 Å². The summed E-state index contributed by atoms with van der Waals surface area (Å²) in [5.41, 5.74) is 1.75. The third kappa shape index (κ3) is 5.28. The normalized spacial score (nSPS) is 23.5. The molecule has 7 heteroatoms. The lowest BCUT2D eigenvalue weighted by Crippen LogP contribution is -2.52. The van der Waals surface area contributed by atoms with Gasteiger partial charge in [-0.25, -0.2) is 0 Å². The maximum Gasteiger partial charge on any atom is 0.251 e. The first-order valence-corrected chi connectivity index (χ1v) is 12.1. The van der Waals surface area contributed by atoms with Crippen LogP contribution >= 0.6 is 23.2 Å². The Balaban J connectivity index is 1.31. The zero-order valence-corrected chi connectivity index (χ0v) is 19.7. The summed E-state index contributed by atoms with van der Waals surface area (Å²) in [4.78, 5) is 27.4. The van der Waals surface area contributed by atoms with Crippen LogP contribution in [0.1, 0.15) is 61.0 Å². The van der Waals surface area contributed by atoms with E-state index in [1.807, 2.05) is 12.1 Å². The van der Waals surface area contributed by atoms with E-state index in [2.05, 4.69) is 34.6 Å². The molecule has 2 heterocycles. The number of piperidine rings is 1. The number of amides is 2. The van der Waals surface area contributed by atoms with Crippen molar-refractivity contribution in [2.24, 2.45) is 0 Å². The van der Waals surface area contributed by atoms with Gasteiger partial charge in [-0.05, 0) is 68.0 Å². The van der Waals surface area contributed by atoms with Gasteiger partial charge >= 0.3 is 0 Å². The lowest BCUT2D eigenvalue weighted by molar-refractivity contribution is -0.121. The van der Waals surface area contributed by atoms with Crippen LogP contribution in [0.25, 0.3) is 0 Å². The van der Waals surface area contributed by atoms with E-state index >= 15 is 0 Å². The predicted molar refractivity (Wildman–Crippen MR) is 128 cm³/mol. The van der Waals surface area contributed by atoms with Gasteiger partial charge in [-0.1, -0.05) is 48.3 Å². The molecule has 1 unspecified atom stereocenters. The van der Waals surface area contributed by atoms with Crippen molar-refractivity contribution in [3.8, 4) is 0 Å². The molecular formula is C25H29Cl2N3O2. The van der Waals surface area contributed by atoms with Gasteiger partial charge in [-0.15, -0.1) is 0 Å². The maximum atomic E-state index is 12.5. The molecule has 4 atom stereocenters. The van der Waals surface area contributed by atoms with Crippen molar-refractivity contribution in [2.75, 3.05) is 6.54 Å². The third-order valence-corrected chi connectivity index (χ3v) is 7.14. The average molecular weight is 474 g/mol. The number of nitrogens with zero attached hydrogens (tertiary/aromatic N) is 1. The van der Waals surface area contributed by atoms with Gasteiger partial charge in [-0.3, -0.25) is 14.5 Å². The lowest BCUT2D eigenvalue weighted by atomic mass is 9.92. The highest BCUT2D eigenvalue weighted by Crippen LogP contribution is 2.42. The number of carbonyl (C=O) groups is 2. The predicted octanol–water partition coefficient (Wildman–Crippen LogP) is 4.99. The Morgan fingerprint density at radius 3 is 2.34 bits per heavy atom. The van der Waals surface area contributed by atoms with Gasteiger partial charge < -0.3 is 10.6 Å². The number of hydrogen-bond acceptors (Lipinski definition) is 3. The molecule has 32 heavy (non-hydrogen) atoms. The quantitative estimate of drug-likeness (QED) is 0.595. The van der Waals surface area contributed by atoms with E-state index in [0.29, 0.717) is 28.7 Å². The molecule has 2 aromatic carbocycles. The highest BCUT2D eigenvalue weighted by molar-refractivity contribution is 6.31. The summed E-state index contributed by atoms with van der Waals surface area (Å²) in [6, 6.07) is 16.3. The summed E-state index contributed by atoms with van der Waals surface area (Å²) in [5.74, 6) is -0.450. The fourth-order valence-electron chi connectivity index (χ4n) is 5.31. The van der Waals surface area contributed by atoms with E-state index in [1.54, 1.807) is 24.3 Å². The van der Waals surface area contributed by atoms with Crippen LogP contribution in [0.4, 0.5) is 0 Å². The second-order valence-electron chi connectivity index (χ2n) is 8.74. The van der Waals surface area contributed by atoms with Crippen molar-refractivity contribution in [1.82, 2.24) is 15.5 Å². The first-order valence-electron chi connectivity index (χ1n) is 11.3. The largest absolute Gasteiger partial charge is 0.352 e. The number of benzene rings is 2. The van der Waals surface area contributed by atoms with Crippen molar-refractivity contribution in [3.63, 3.8) is 0 Å². The topological polar surface area (TPSA) is 61.4 Å². The molecule has 2 N–H and O–H groups in total. The first kappa shape index (κ1) is 23.1. The van der Waals surface area contributed by atoms with Crippen molar-refractivity contribution in [1.29, 1.82) is 0 Å². The second-order valence-corrected chi connectivity index (χ2v) is 9.61. The molecule has 2 aliphatic heterocycles. The fourth-order valence-corrected chi connectivity index (χ4v) is 5.63. The minimum Gasteiger partial charge on any atom is -0.352 e. The summed E-state index contributed by atoms with van der Waals surface area (Å²) < 4.78 is 0. The maximum absolute atomic E-state index is 12.5. The number of halogens is 2. The van der Waals surface area contributed by atoms with Crippen LogP contribution in [0.15, 0.2) is 48.5 Å². The molecule has 0 aromatic heterocycles. The molecule has 2 bridgehead atoms. The number of fused-ring (bicyclic) bond motifs is 2. The fraction of sp³-hybridized carbons (Fsp3) is 0.440. The van der Waals surface area contributed by atoms with E-state index in [0.717, 1.165) is 37.1 Å². The molecule has 2 aliphatic rings. The standard InChI is InChI=1S/C25H29Cl2N3O2/c1-2-23(16-6-8-18(26)9-7-16)30-21-10-11-22(30)14-20(13-21)29-24(31)15-28-25(32)17-4-3-5-19(27)12-17/h3-9,12,20-23H,2,10-11,13-15H2,1H3,(H,28,32)(H,29,31)/t20-,21+,22-,23?.